The summed E-state index contributed by atoms with van der Waals surface area (Å²) >= 11 is 0. The number of aryl methyl sites for hydroxylation is 1. The van der Waals surface area contributed by atoms with Gasteiger partial charge in [-0.3, -0.25) is 9.69 Å². The zero-order valence-corrected chi connectivity index (χ0v) is 10.1. The van der Waals surface area contributed by atoms with E-state index in [1.54, 1.807) is 17.9 Å². The van der Waals surface area contributed by atoms with Gasteiger partial charge in [-0.15, -0.1) is 0 Å². The third kappa shape index (κ3) is 2.68. The average molecular weight is 253 g/mol. The summed E-state index contributed by atoms with van der Waals surface area (Å²) in [5.74, 6) is -1.22. The number of rotatable bonds is 3. The highest BCUT2D eigenvalue weighted by Gasteiger charge is 2.35. The number of likely N-dealkylation sites (tertiary alicyclic amines) is 1. The molecular formula is C13H16FNO3. The number of hydrogen-bond donors (Lipinski definition) is 2. The second-order valence-corrected chi connectivity index (χ2v) is 4.74. The third-order valence-electron chi connectivity index (χ3n) is 3.34. The molecule has 2 unspecified atom stereocenters. The fraction of sp³-hybridized carbons (Fsp3) is 0.462. The van der Waals surface area contributed by atoms with Gasteiger partial charge in [0, 0.05) is 19.5 Å². The number of carbonyl (C=O) groups is 1. The van der Waals surface area contributed by atoms with Crippen molar-refractivity contribution in [3.8, 4) is 0 Å². The molecule has 0 radical (unpaired) electrons. The number of β-amino-alcohol motifs (C(OH)–C–C–N with tert-alkyl or cyclic N) is 1. The highest BCUT2D eigenvalue weighted by Crippen LogP contribution is 2.22. The Labute approximate surface area is 105 Å². The van der Waals surface area contributed by atoms with Crippen molar-refractivity contribution in [2.45, 2.75) is 32.0 Å². The lowest BCUT2D eigenvalue weighted by Gasteiger charge is -2.21. The summed E-state index contributed by atoms with van der Waals surface area (Å²) < 4.78 is 13.0. The minimum atomic E-state index is -0.925. The van der Waals surface area contributed by atoms with Gasteiger partial charge < -0.3 is 10.2 Å². The Morgan fingerprint density at radius 1 is 1.56 bits per heavy atom. The summed E-state index contributed by atoms with van der Waals surface area (Å²) in [6.07, 6.45) is -0.359. The number of aliphatic carboxylic acids is 1. The quantitative estimate of drug-likeness (QED) is 0.848. The van der Waals surface area contributed by atoms with E-state index in [1.165, 1.54) is 12.1 Å². The van der Waals surface area contributed by atoms with Crippen LogP contribution in [0.1, 0.15) is 17.5 Å². The summed E-state index contributed by atoms with van der Waals surface area (Å²) in [7, 11) is 0. The fourth-order valence-corrected chi connectivity index (χ4v) is 2.37. The van der Waals surface area contributed by atoms with E-state index in [4.69, 9.17) is 5.11 Å². The molecule has 1 aromatic rings. The van der Waals surface area contributed by atoms with Crippen molar-refractivity contribution in [1.82, 2.24) is 4.90 Å². The van der Waals surface area contributed by atoms with E-state index in [2.05, 4.69) is 0 Å². The van der Waals surface area contributed by atoms with Gasteiger partial charge >= 0.3 is 5.97 Å². The molecule has 18 heavy (non-hydrogen) atoms. The predicted molar refractivity (Wildman–Crippen MR) is 63.6 cm³/mol. The maximum absolute atomic E-state index is 13.0. The van der Waals surface area contributed by atoms with Crippen LogP contribution in [0.3, 0.4) is 0 Å². The number of benzene rings is 1. The van der Waals surface area contributed by atoms with Crippen LogP contribution in [0.5, 0.6) is 0 Å². The summed E-state index contributed by atoms with van der Waals surface area (Å²) in [6.45, 7) is 2.55. The summed E-state index contributed by atoms with van der Waals surface area (Å²) in [5, 5.41) is 18.6. The number of hydrogen-bond acceptors (Lipinski definition) is 3. The highest BCUT2D eigenvalue weighted by atomic mass is 19.1. The zero-order valence-electron chi connectivity index (χ0n) is 10.1. The molecule has 1 aliphatic rings. The first-order valence-corrected chi connectivity index (χ1v) is 5.87. The molecule has 2 atom stereocenters. The highest BCUT2D eigenvalue weighted by molar-refractivity contribution is 5.74. The number of nitrogens with zero attached hydrogens (tertiary/aromatic N) is 1. The molecule has 98 valence electrons. The zero-order chi connectivity index (χ0) is 13.3. The van der Waals surface area contributed by atoms with Gasteiger partial charge in [0.2, 0.25) is 0 Å². The van der Waals surface area contributed by atoms with Gasteiger partial charge in [-0.05, 0) is 30.2 Å². The molecule has 0 bridgehead atoms. The topological polar surface area (TPSA) is 60.8 Å². The minimum Gasteiger partial charge on any atom is -0.480 e. The van der Waals surface area contributed by atoms with Crippen molar-refractivity contribution >= 4 is 5.97 Å². The largest absolute Gasteiger partial charge is 0.480 e. The van der Waals surface area contributed by atoms with E-state index in [0.29, 0.717) is 13.1 Å². The maximum Gasteiger partial charge on any atom is 0.321 e. The van der Waals surface area contributed by atoms with Crippen LogP contribution in [-0.2, 0) is 11.3 Å². The van der Waals surface area contributed by atoms with Gasteiger partial charge in [-0.1, -0.05) is 6.07 Å². The van der Waals surface area contributed by atoms with Crippen molar-refractivity contribution in [2.75, 3.05) is 6.54 Å². The van der Waals surface area contributed by atoms with Crippen LogP contribution in [0.4, 0.5) is 4.39 Å². The van der Waals surface area contributed by atoms with E-state index in [-0.39, 0.29) is 12.2 Å². The number of halogens is 1. The first-order chi connectivity index (χ1) is 8.47. The predicted octanol–water partition coefficient (Wildman–Crippen LogP) is 1.15. The number of carboxylic acid groups (broad SMARTS) is 1. The first kappa shape index (κ1) is 13.0. The van der Waals surface area contributed by atoms with Crippen molar-refractivity contribution in [3.63, 3.8) is 0 Å². The SMILES string of the molecule is Cc1cc(F)ccc1CN1CC(O)CC1C(=O)O. The van der Waals surface area contributed by atoms with E-state index < -0.39 is 18.1 Å². The number of carboxylic acids is 1. The fourth-order valence-electron chi connectivity index (χ4n) is 2.37. The van der Waals surface area contributed by atoms with Gasteiger partial charge in [-0.2, -0.15) is 0 Å². The molecular weight excluding hydrogens is 237 g/mol. The Kier molecular flexibility index (Phi) is 3.63. The molecule has 2 N–H and O–H groups in total. The molecule has 1 saturated heterocycles. The monoisotopic (exact) mass is 253 g/mol. The van der Waals surface area contributed by atoms with Crippen LogP contribution in [0.25, 0.3) is 0 Å². The molecule has 1 aliphatic heterocycles. The van der Waals surface area contributed by atoms with Gasteiger partial charge in [0.1, 0.15) is 11.9 Å². The van der Waals surface area contributed by atoms with Gasteiger partial charge in [0.05, 0.1) is 6.10 Å². The van der Waals surface area contributed by atoms with Crippen LogP contribution in [0, 0.1) is 12.7 Å². The van der Waals surface area contributed by atoms with E-state index >= 15 is 0 Å². The second kappa shape index (κ2) is 5.04. The Morgan fingerprint density at radius 3 is 2.89 bits per heavy atom. The molecule has 0 saturated carbocycles. The minimum absolute atomic E-state index is 0.246. The van der Waals surface area contributed by atoms with Crippen molar-refractivity contribution < 1.29 is 19.4 Å². The average Bonchev–Trinajstić information content (AvgIpc) is 2.64. The summed E-state index contributed by atoms with van der Waals surface area (Å²) in [6, 6.07) is 3.79. The molecule has 0 spiro atoms. The van der Waals surface area contributed by atoms with Crippen LogP contribution in [0.15, 0.2) is 18.2 Å². The molecule has 2 rings (SSSR count). The van der Waals surface area contributed by atoms with E-state index in [9.17, 15) is 14.3 Å². The molecule has 0 aromatic heterocycles. The number of aliphatic hydroxyl groups excluding tert-OH is 1. The normalized spacial score (nSPS) is 24.4. The van der Waals surface area contributed by atoms with Crippen molar-refractivity contribution in [3.05, 3.63) is 35.1 Å². The maximum atomic E-state index is 13.0. The Morgan fingerprint density at radius 2 is 2.28 bits per heavy atom. The Hall–Kier alpha value is -1.46. The molecule has 1 fully saturated rings. The molecule has 1 heterocycles. The van der Waals surface area contributed by atoms with Gasteiger partial charge in [0.25, 0.3) is 0 Å². The summed E-state index contributed by atoms with van der Waals surface area (Å²) in [4.78, 5) is 12.8. The molecule has 5 heteroatoms. The van der Waals surface area contributed by atoms with Gasteiger partial charge in [-0.25, -0.2) is 4.39 Å². The lowest BCUT2D eigenvalue weighted by Crippen LogP contribution is -2.35. The molecule has 1 aromatic carbocycles. The van der Waals surface area contributed by atoms with Crippen molar-refractivity contribution in [2.24, 2.45) is 0 Å². The first-order valence-electron chi connectivity index (χ1n) is 5.87. The van der Waals surface area contributed by atoms with Crippen molar-refractivity contribution in [1.29, 1.82) is 0 Å². The smallest absolute Gasteiger partial charge is 0.321 e. The van der Waals surface area contributed by atoms with Crippen LogP contribution >= 0.6 is 0 Å². The Balaban J connectivity index is 2.15. The molecule has 0 amide bonds. The van der Waals surface area contributed by atoms with Gasteiger partial charge in [0.15, 0.2) is 0 Å². The number of aliphatic hydroxyl groups is 1. The van der Waals surface area contributed by atoms with E-state index in [1.807, 2.05) is 0 Å². The third-order valence-corrected chi connectivity index (χ3v) is 3.34. The Bertz CT molecular complexity index is 464. The summed E-state index contributed by atoms with van der Waals surface area (Å²) in [5.41, 5.74) is 1.68. The standard InChI is InChI=1S/C13H16FNO3/c1-8-4-10(14)3-2-9(8)6-15-7-11(16)5-12(15)13(17)18/h2-4,11-12,16H,5-7H2,1H3,(H,17,18). The van der Waals surface area contributed by atoms with Crippen LogP contribution in [0.2, 0.25) is 0 Å². The van der Waals surface area contributed by atoms with Crippen LogP contribution < -0.4 is 0 Å². The second-order valence-electron chi connectivity index (χ2n) is 4.74. The molecule has 4 nitrogen and oxygen atoms in total. The van der Waals surface area contributed by atoms with E-state index in [0.717, 1.165) is 11.1 Å². The lowest BCUT2D eigenvalue weighted by atomic mass is 10.1. The van der Waals surface area contributed by atoms with Crippen LogP contribution in [-0.4, -0.2) is 39.8 Å². The molecule has 0 aliphatic carbocycles. The lowest BCUT2D eigenvalue weighted by molar-refractivity contribution is -0.142.